The highest BCUT2D eigenvalue weighted by Crippen LogP contribution is 2.62. The minimum Gasteiger partial charge on any atom is -0.544 e. The van der Waals surface area contributed by atoms with Crippen molar-refractivity contribution in [1.82, 2.24) is 0 Å². The van der Waals surface area contributed by atoms with Gasteiger partial charge in [-0.05, 0) is 99.2 Å². The predicted octanol–water partition coefficient (Wildman–Crippen LogP) is 7.50. The number of hydrogen-bond donors (Lipinski definition) is 0. The van der Waals surface area contributed by atoms with E-state index in [0.29, 0.717) is 19.3 Å². The normalized spacial score (nSPS) is 30.8. The maximum absolute atomic E-state index is 13.9. The second-order valence-corrected chi connectivity index (χ2v) is 16.1. The van der Waals surface area contributed by atoms with Crippen LogP contribution >= 0.6 is 0 Å². The molecule has 0 spiro atoms. The van der Waals surface area contributed by atoms with Crippen LogP contribution in [-0.2, 0) is 16.0 Å². The fourth-order valence-electron chi connectivity index (χ4n) is 6.63. The second-order valence-electron chi connectivity index (χ2n) is 11.7. The van der Waals surface area contributed by atoms with Gasteiger partial charge in [-0.25, -0.2) is 4.79 Å². The van der Waals surface area contributed by atoms with Gasteiger partial charge in [0.2, 0.25) is 8.32 Å². The minimum absolute atomic E-state index is 0.0168. The van der Waals surface area contributed by atoms with Crippen LogP contribution in [0.15, 0.2) is 18.2 Å². The quantitative estimate of drug-likeness (QED) is 0.220. The molecule has 0 radical (unpaired) electrons. The summed E-state index contributed by atoms with van der Waals surface area (Å²) in [6, 6.07) is 6.13. The highest BCUT2D eigenvalue weighted by Gasteiger charge is 2.77. The van der Waals surface area contributed by atoms with Crippen LogP contribution in [0.3, 0.4) is 0 Å². The second kappa shape index (κ2) is 8.63. The van der Waals surface area contributed by atoms with Gasteiger partial charge < -0.3 is 9.16 Å². The number of benzene rings is 1. The Bertz CT molecular complexity index is 1020. The van der Waals surface area contributed by atoms with Crippen LogP contribution in [0.4, 0.5) is 30.7 Å². The first-order valence-electron chi connectivity index (χ1n) is 12.2. The summed E-state index contributed by atoms with van der Waals surface area (Å²) in [6.45, 7) is 8.09. The van der Waals surface area contributed by atoms with Crippen LogP contribution in [0.1, 0.15) is 56.1 Å². The van der Waals surface area contributed by atoms with Crippen molar-refractivity contribution >= 4 is 14.3 Å². The minimum atomic E-state index is -6.58. The van der Waals surface area contributed by atoms with Crippen LogP contribution in [-0.4, -0.2) is 38.4 Å². The molecule has 0 aliphatic heterocycles. The van der Waals surface area contributed by atoms with Crippen LogP contribution < -0.4 is 4.43 Å². The van der Waals surface area contributed by atoms with Crippen molar-refractivity contribution in [3.8, 4) is 5.75 Å². The summed E-state index contributed by atoms with van der Waals surface area (Å²) in [5, 5.41) is 0. The topological polar surface area (TPSA) is 35.5 Å². The molecule has 11 heteroatoms. The van der Waals surface area contributed by atoms with Gasteiger partial charge in [-0.2, -0.15) is 30.7 Å². The third-order valence-corrected chi connectivity index (χ3v) is 9.14. The molecule has 2 saturated carbocycles. The van der Waals surface area contributed by atoms with Crippen LogP contribution in [0, 0.1) is 17.3 Å². The summed E-state index contributed by atoms with van der Waals surface area (Å²) < 4.78 is 103. The molecule has 0 unspecified atom stereocenters. The molecule has 1 aromatic rings. The summed E-state index contributed by atoms with van der Waals surface area (Å²) in [6.07, 6.45) is -4.23. The Hall–Kier alpha value is -1.78. The van der Waals surface area contributed by atoms with Crippen molar-refractivity contribution in [3.63, 3.8) is 0 Å². The van der Waals surface area contributed by atoms with E-state index in [-0.39, 0.29) is 24.2 Å². The van der Waals surface area contributed by atoms with Gasteiger partial charge in [0.15, 0.2) is 0 Å². The smallest absolute Gasteiger partial charge is 0.460 e. The lowest BCUT2D eigenvalue weighted by Crippen LogP contribution is -2.57. The lowest BCUT2D eigenvalue weighted by Gasteiger charge is -2.50. The van der Waals surface area contributed by atoms with Crippen molar-refractivity contribution in [2.24, 2.45) is 17.3 Å². The van der Waals surface area contributed by atoms with E-state index >= 15 is 0 Å². The fraction of sp³-hybridized carbons (Fsp3) is 0.720. The maximum Gasteiger partial charge on any atom is 0.460 e. The molecule has 36 heavy (non-hydrogen) atoms. The number of ether oxygens (including phenoxy) is 1. The Balaban J connectivity index is 1.51. The lowest BCUT2D eigenvalue weighted by atomic mass is 9.55. The number of carbonyl (C=O) groups excluding carboxylic acids is 1. The molecule has 4 rings (SSSR count). The summed E-state index contributed by atoms with van der Waals surface area (Å²) in [7, 11) is -1.77. The molecule has 0 N–H and O–H groups in total. The number of carbonyl (C=O) groups is 1. The Morgan fingerprint density at radius 1 is 1.00 bits per heavy atom. The molecular weight excluding hydrogens is 509 g/mol. The molecule has 0 bridgehead atoms. The monoisotopic (exact) mass is 540 g/mol. The summed E-state index contributed by atoms with van der Waals surface area (Å²) in [4.78, 5) is 11.9. The Labute approximate surface area is 206 Å². The largest absolute Gasteiger partial charge is 0.544 e. The summed E-state index contributed by atoms with van der Waals surface area (Å²) in [5.41, 5.74) is 1.66. The van der Waals surface area contributed by atoms with Gasteiger partial charge in [-0.3, -0.25) is 0 Å². The predicted molar refractivity (Wildman–Crippen MR) is 121 cm³/mol. The number of hydrogen-bond acceptors (Lipinski definition) is 3. The zero-order valence-corrected chi connectivity index (χ0v) is 21.7. The molecule has 0 saturated heterocycles. The molecular formula is C25H31F7O3Si. The van der Waals surface area contributed by atoms with Gasteiger partial charge in [0.05, 0.1) is 0 Å². The first-order chi connectivity index (χ1) is 16.4. The van der Waals surface area contributed by atoms with Gasteiger partial charge in [-0.15, -0.1) is 0 Å². The lowest BCUT2D eigenvalue weighted by molar-refractivity contribution is -0.349. The zero-order chi connectivity index (χ0) is 26.9. The first kappa shape index (κ1) is 27.3. The average molecular weight is 541 g/mol. The number of rotatable bonds is 5. The van der Waals surface area contributed by atoms with Crippen molar-refractivity contribution in [2.45, 2.75) is 95.1 Å². The molecule has 3 nitrogen and oxygen atoms in total. The van der Waals surface area contributed by atoms with E-state index in [1.165, 1.54) is 11.1 Å². The SMILES string of the molecule is C[C@]12CC[C@@H]3c4ccc(O[Si](C)(C)C)cc4CC[C@H]3[C@@H]1CC[C@@H]2OC(=O)C(F)(F)C(F)(F)C(F)(F)F. The van der Waals surface area contributed by atoms with Gasteiger partial charge in [-0.1, -0.05) is 13.0 Å². The molecule has 0 heterocycles. The van der Waals surface area contributed by atoms with E-state index in [1.54, 1.807) is 6.92 Å². The van der Waals surface area contributed by atoms with Gasteiger partial charge >= 0.3 is 24.0 Å². The van der Waals surface area contributed by atoms with E-state index in [0.717, 1.165) is 18.6 Å². The summed E-state index contributed by atoms with van der Waals surface area (Å²) >= 11 is 0. The van der Waals surface area contributed by atoms with Crippen molar-refractivity contribution in [1.29, 1.82) is 0 Å². The van der Waals surface area contributed by atoms with Crippen LogP contribution in [0.2, 0.25) is 19.6 Å². The third-order valence-electron chi connectivity index (χ3n) is 8.29. The molecule has 5 atom stereocenters. The number of fused-ring (bicyclic) bond motifs is 5. The number of alkyl halides is 7. The van der Waals surface area contributed by atoms with E-state index < -0.39 is 43.8 Å². The zero-order valence-electron chi connectivity index (χ0n) is 20.7. The van der Waals surface area contributed by atoms with Gasteiger partial charge in [0.1, 0.15) is 11.9 Å². The Morgan fingerprint density at radius 2 is 1.67 bits per heavy atom. The Kier molecular flexibility index (Phi) is 6.53. The fourth-order valence-corrected chi connectivity index (χ4v) is 7.46. The maximum atomic E-state index is 13.9. The van der Waals surface area contributed by atoms with E-state index in [9.17, 15) is 35.5 Å². The van der Waals surface area contributed by atoms with Crippen molar-refractivity contribution < 1.29 is 44.7 Å². The van der Waals surface area contributed by atoms with Crippen LogP contribution in [0.5, 0.6) is 5.75 Å². The van der Waals surface area contributed by atoms with E-state index in [4.69, 9.17) is 9.16 Å². The highest BCUT2D eigenvalue weighted by molar-refractivity contribution is 6.70. The Morgan fingerprint density at radius 3 is 2.28 bits per heavy atom. The van der Waals surface area contributed by atoms with E-state index in [1.807, 2.05) is 6.07 Å². The van der Waals surface area contributed by atoms with Gasteiger partial charge in [0, 0.05) is 5.41 Å². The molecule has 3 aliphatic carbocycles. The molecule has 202 valence electrons. The molecule has 1 aromatic carbocycles. The standard InChI is InChI=1S/C25H31F7O3Si/c1-22-12-11-17-16-8-6-15(35-36(2,3)4)13-14(16)5-7-18(17)19(22)9-10-20(22)34-21(33)23(26,27)24(28,29)25(30,31)32/h6,8,13,17-20H,5,7,9-12H2,1-4H3/t17-,18-,19+,20+,22+/m1/s1. The van der Waals surface area contributed by atoms with Crippen molar-refractivity contribution in [2.75, 3.05) is 0 Å². The number of halogens is 7. The van der Waals surface area contributed by atoms with E-state index in [2.05, 4.69) is 31.8 Å². The first-order valence-corrected chi connectivity index (χ1v) is 15.6. The van der Waals surface area contributed by atoms with Gasteiger partial charge in [0.25, 0.3) is 0 Å². The summed E-state index contributed by atoms with van der Waals surface area (Å²) in [5.74, 6) is -14.1. The highest BCUT2D eigenvalue weighted by atomic mass is 28.4. The van der Waals surface area contributed by atoms with Crippen LogP contribution in [0.25, 0.3) is 0 Å². The average Bonchev–Trinajstić information content (AvgIpc) is 3.07. The van der Waals surface area contributed by atoms with Crippen molar-refractivity contribution in [3.05, 3.63) is 29.3 Å². The third kappa shape index (κ3) is 4.43. The number of esters is 1. The molecule has 0 amide bonds. The molecule has 0 aromatic heterocycles. The number of aryl methyl sites for hydroxylation is 1. The molecule has 2 fully saturated rings. The molecule has 3 aliphatic rings.